The summed E-state index contributed by atoms with van der Waals surface area (Å²) in [5.74, 6) is 0. The minimum atomic E-state index is 0.0107. The van der Waals surface area contributed by atoms with Gasteiger partial charge < -0.3 is 9.80 Å². The Kier molecular flexibility index (Phi) is 8.97. The maximum Gasteiger partial charge on any atom is 0.252 e. The molecule has 2 aliphatic heterocycles. The average molecular weight is 801 g/mol. The second-order valence-electron chi connectivity index (χ2n) is 16.5. The van der Waals surface area contributed by atoms with E-state index in [2.05, 4.69) is 259 Å². The predicted octanol–water partition coefficient (Wildman–Crippen LogP) is 14.1. The first-order valence-corrected chi connectivity index (χ1v) is 21.8. The minimum absolute atomic E-state index is 0.0107. The Morgan fingerprint density at radius 1 is 0.222 bits per heavy atom. The molecule has 294 valence electrons. The number of anilines is 6. The van der Waals surface area contributed by atoms with Crippen molar-refractivity contribution in [3.05, 3.63) is 249 Å². The summed E-state index contributed by atoms with van der Waals surface area (Å²) in [6.07, 6.45) is 0. The summed E-state index contributed by atoms with van der Waals surface area (Å²) in [5.41, 5.74) is 22.7. The fraction of sp³-hybridized carbons (Fsp3) is 0. The Labute approximate surface area is 369 Å². The third-order valence-electron chi connectivity index (χ3n) is 12.8. The minimum Gasteiger partial charge on any atom is -0.311 e. The monoisotopic (exact) mass is 800 g/mol. The normalized spacial score (nSPS) is 12.3. The molecule has 0 saturated carbocycles. The second kappa shape index (κ2) is 15.4. The van der Waals surface area contributed by atoms with Crippen molar-refractivity contribution in [3.8, 4) is 55.6 Å². The van der Waals surface area contributed by atoms with Crippen LogP contribution < -0.4 is 26.2 Å². The molecule has 12 rings (SSSR count). The lowest BCUT2D eigenvalue weighted by Crippen LogP contribution is -2.61. The standard InChI is InChI=1S/C60H41BN2/c1-6-20-42(21-7-1)47-34-48(43-22-8-2-9-23-43)37-52(36-47)62-56-32-18-16-30-54(56)61-55-31-17-19-33-57(55)63(59-41-51(40-58(62)60(59)61)46-28-14-5-15-29-46)53-38-49(44-24-10-3-11-25-44)35-50(39-53)45-26-12-4-13-27-45/h1-41H. The van der Waals surface area contributed by atoms with Crippen LogP contribution in [0, 0.1) is 0 Å². The van der Waals surface area contributed by atoms with Gasteiger partial charge in [0.15, 0.2) is 0 Å². The van der Waals surface area contributed by atoms with E-state index in [-0.39, 0.29) is 6.71 Å². The van der Waals surface area contributed by atoms with Gasteiger partial charge in [0.2, 0.25) is 0 Å². The van der Waals surface area contributed by atoms with E-state index in [0.717, 1.165) is 11.4 Å². The highest BCUT2D eigenvalue weighted by atomic mass is 15.2. The smallest absolute Gasteiger partial charge is 0.252 e. The lowest BCUT2D eigenvalue weighted by Gasteiger charge is -2.44. The highest BCUT2D eigenvalue weighted by Crippen LogP contribution is 2.48. The van der Waals surface area contributed by atoms with E-state index < -0.39 is 0 Å². The molecule has 0 atom stereocenters. The third kappa shape index (κ3) is 6.45. The number of para-hydroxylation sites is 2. The summed E-state index contributed by atoms with van der Waals surface area (Å²) >= 11 is 0. The van der Waals surface area contributed by atoms with Crippen LogP contribution in [0.3, 0.4) is 0 Å². The van der Waals surface area contributed by atoms with Crippen molar-refractivity contribution in [2.24, 2.45) is 0 Å². The van der Waals surface area contributed by atoms with Crippen LogP contribution in [0.25, 0.3) is 55.6 Å². The van der Waals surface area contributed by atoms with E-state index in [9.17, 15) is 0 Å². The topological polar surface area (TPSA) is 6.48 Å². The third-order valence-corrected chi connectivity index (χ3v) is 12.8. The molecule has 2 nitrogen and oxygen atoms in total. The van der Waals surface area contributed by atoms with E-state index >= 15 is 0 Å². The maximum atomic E-state index is 2.54. The van der Waals surface area contributed by atoms with Gasteiger partial charge >= 0.3 is 0 Å². The van der Waals surface area contributed by atoms with E-state index in [4.69, 9.17) is 0 Å². The first kappa shape index (κ1) is 36.7. The van der Waals surface area contributed by atoms with Crippen LogP contribution >= 0.6 is 0 Å². The Hall–Kier alpha value is -8.14. The number of fused-ring (bicyclic) bond motifs is 4. The summed E-state index contributed by atoms with van der Waals surface area (Å²) in [6, 6.07) is 91.2. The number of rotatable bonds is 7. The second-order valence-corrected chi connectivity index (χ2v) is 16.5. The zero-order valence-corrected chi connectivity index (χ0v) is 34.6. The van der Waals surface area contributed by atoms with E-state index in [1.165, 1.54) is 94.8 Å². The quantitative estimate of drug-likeness (QED) is 0.148. The summed E-state index contributed by atoms with van der Waals surface area (Å²) in [6.45, 7) is 0.0107. The van der Waals surface area contributed by atoms with E-state index in [0.29, 0.717) is 0 Å². The molecule has 0 fully saturated rings. The van der Waals surface area contributed by atoms with Crippen LogP contribution in [0.4, 0.5) is 34.1 Å². The number of hydrogen-bond acceptors (Lipinski definition) is 2. The summed E-state index contributed by atoms with van der Waals surface area (Å²) < 4.78 is 0. The molecule has 0 radical (unpaired) electrons. The van der Waals surface area contributed by atoms with Gasteiger partial charge in [-0.25, -0.2) is 0 Å². The van der Waals surface area contributed by atoms with Gasteiger partial charge in [-0.2, -0.15) is 0 Å². The van der Waals surface area contributed by atoms with Gasteiger partial charge in [-0.15, -0.1) is 0 Å². The van der Waals surface area contributed by atoms with Gasteiger partial charge in [-0.1, -0.05) is 188 Å². The molecule has 0 unspecified atom stereocenters. The van der Waals surface area contributed by atoms with E-state index in [1.807, 2.05) is 0 Å². The van der Waals surface area contributed by atoms with Crippen LogP contribution in [0.1, 0.15) is 0 Å². The highest BCUT2D eigenvalue weighted by molar-refractivity contribution is 7.00. The molecule has 0 amide bonds. The molecule has 63 heavy (non-hydrogen) atoms. The Balaban J connectivity index is 1.17. The lowest BCUT2D eigenvalue weighted by molar-refractivity contribution is 1.25. The van der Waals surface area contributed by atoms with Crippen molar-refractivity contribution in [2.45, 2.75) is 0 Å². The SMILES string of the molecule is c1ccc(-c2cc(-c3ccccc3)cc(N3c4ccccc4B4c5ccccc5N(c5cc(-c6ccccc6)cc(-c6ccccc6)c5)c5cc(-c6ccccc6)cc3c54)c2)cc1. The van der Waals surface area contributed by atoms with E-state index in [1.54, 1.807) is 0 Å². The molecule has 10 aromatic rings. The first-order valence-electron chi connectivity index (χ1n) is 21.8. The van der Waals surface area contributed by atoms with Crippen LogP contribution in [0.5, 0.6) is 0 Å². The van der Waals surface area contributed by atoms with Crippen molar-refractivity contribution in [2.75, 3.05) is 9.80 Å². The molecule has 2 aliphatic rings. The average Bonchev–Trinajstić information content (AvgIpc) is 3.37. The van der Waals surface area contributed by atoms with Gasteiger partial charge in [-0.3, -0.25) is 0 Å². The highest BCUT2D eigenvalue weighted by Gasteiger charge is 2.43. The molecular weight excluding hydrogens is 759 g/mol. The first-order chi connectivity index (χ1) is 31.2. The Morgan fingerprint density at radius 2 is 0.492 bits per heavy atom. The lowest BCUT2D eigenvalue weighted by atomic mass is 9.33. The van der Waals surface area contributed by atoms with Crippen molar-refractivity contribution < 1.29 is 0 Å². The van der Waals surface area contributed by atoms with Crippen molar-refractivity contribution in [3.63, 3.8) is 0 Å². The summed E-state index contributed by atoms with van der Waals surface area (Å²) in [4.78, 5) is 5.08. The number of benzene rings is 10. The van der Waals surface area contributed by atoms with Crippen molar-refractivity contribution >= 4 is 57.2 Å². The van der Waals surface area contributed by atoms with Crippen LogP contribution in [0.2, 0.25) is 0 Å². The van der Waals surface area contributed by atoms with Crippen LogP contribution in [-0.4, -0.2) is 6.71 Å². The molecule has 0 saturated heterocycles. The van der Waals surface area contributed by atoms with Crippen molar-refractivity contribution in [1.82, 2.24) is 0 Å². The molecule has 0 N–H and O–H groups in total. The van der Waals surface area contributed by atoms with Gasteiger partial charge in [0, 0.05) is 34.1 Å². The Bertz CT molecular complexity index is 2960. The number of nitrogens with zero attached hydrogens (tertiary/aromatic N) is 2. The summed E-state index contributed by atoms with van der Waals surface area (Å²) in [5, 5.41) is 0. The fourth-order valence-electron chi connectivity index (χ4n) is 9.92. The zero-order valence-electron chi connectivity index (χ0n) is 34.6. The molecule has 0 bridgehead atoms. The molecule has 0 aliphatic carbocycles. The summed E-state index contributed by atoms with van der Waals surface area (Å²) in [7, 11) is 0. The van der Waals surface area contributed by atoms with Gasteiger partial charge in [0.25, 0.3) is 6.71 Å². The largest absolute Gasteiger partial charge is 0.311 e. The molecular formula is C60H41BN2. The van der Waals surface area contributed by atoms with Crippen LogP contribution in [-0.2, 0) is 0 Å². The van der Waals surface area contributed by atoms with Crippen LogP contribution in [0.15, 0.2) is 249 Å². The zero-order chi connectivity index (χ0) is 41.7. The predicted molar refractivity (Wildman–Crippen MR) is 268 cm³/mol. The van der Waals surface area contributed by atoms with Gasteiger partial charge in [0.05, 0.1) is 0 Å². The van der Waals surface area contributed by atoms with Gasteiger partial charge in [0.1, 0.15) is 0 Å². The Morgan fingerprint density at radius 3 is 0.810 bits per heavy atom. The maximum absolute atomic E-state index is 2.54. The number of hydrogen-bond donors (Lipinski definition) is 0. The molecule has 0 spiro atoms. The molecule has 10 aromatic carbocycles. The van der Waals surface area contributed by atoms with Crippen molar-refractivity contribution in [1.29, 1.82) is 0 Å². The molecule has 0 aromatic heterocycles. The molecule has 2 heterocycles. The fourth-order valence-corrected chi connectivity index (χ4v) is 9.92. The molecule has 3 heteroatoms. The van der Waals surface area contributed by atoms with Gasteiger partial charge in [-0.05, 0) is 133 Å².